The summed E-state index contributed by atoms with van der Waals surface area (Å²) in [6.07, 6.45) is -5.48. The zero-order valence-corrected chi connectivity index (χ0v) is 10.5. The molecular formula is C10H17F3N2O3. The number of carbonyl (C=O) groups excluding carboxylic acids is 1. The number of carboxylic acids is 1. The molecular weight excluding hydrogens is 253 g/mol. The van der Waals surface area contributed by atoms with E-state index >= 15 is 0 Å². The summed E-state index contributed by atoms with van der Waals surface area (Å²) in [6, 6.07) is -0.718. The van der Waals surface area contributed by atoms with Crippen molar-refractivity contribution in [3.63, 3.8) is 0 Å². The first-order valence-electron chi connectivity index (χ1n) is 5.30. The number of hydrogen-bond acceptors (Lipinski definition) is 2. The van der Waals surface area contributed by atoms with Gasteiger partial charge in [-0.15, -0.1) is 0 Å². The molecule has 0 aromatic heterocycles. The van der Waals surface area contributed by atoms with E-state index in [2.05, 4.69) is 5.32 Å². The fourth-order valence-corrected chi connectivity index (χ4v) is 1.00. The molecule has 0 rings (SSSR count). The van der Waals surface area contributed by atoms with Gasteiger partial charge in [-0.25, -0.2) is 9.59 Å². The molecule has 8 heteroatoms. The molecule has 0 aromatic carbocycles. The molecule has 0 bridgehead atoms. The van der Waals surface area contributed by atoms with Crippen molar-refractivity contribution in [2.24, 2.45) is 0 Å². The summed E-state index contributed by atoms with van der Waals surface area (Å²) in [4.78, 5) is 23.3. The molecule has 0 saturated heterocycles. The Morgan fingerprint density at radius 1 is 1.28 bits per heavy atom. The van der Waals surface area contributed by atoms with Gasteiger partial charge in [0.2, 0.25) is 0 Å². The Morgan fingerprint density at radius 3 is 2.17 bits per heavy atom. The Balaban J connectivity index is 4.15. The fraction of sp³-hybridized carbons (Fsp3) is 0.800. The summed E-state index contributed by atoms with van der Waals surface area (Å²) in [6.45, 7) is 2.49. The average Bonchev–Trinajstić information content (AvgIpc) is 2.21. The van der Waals surface area contributed by atoms with Crippen LogP contribution in [0.5, 0.6) is 0 Å². The first kappa shape index (κ1) is 16.5. The zero-order chi connectivity index (χ0) is 14.6. The minimum atomic E-state index is -4.25. The first-order chi connectivity index (χ1) is 7.98. The molecule has 0 radical (unpaired) electrons. The number of nitrogens with zero attached hydrogens (tertiary/aromatic N) is 1. The Hall–Kier alpha value is -1.47. The van der Waals surface area contributed by atoms with E-state index in [4.69, 9.17) is 5.11 Å². The Labute approximate surface area is 103 Å². The molecule has 0 aliphatic heterocycles. The lowest BCUT2D eigenvalue weighted by Gasteiger charge is -2.31. The third-order valence-corrected chi connectivity index (χ3v) is 2.58. The molecule has 2 N–H and O–H groups in total. The number of hydrogen-bond donors (Lipinski definition) is 2. The maximum atomic E-state index is 11.8. The van der Waals surface area contributed by atoms with E-state index in [1.165, 1.54) is 20.9 Å². The fourth-order valence-electron chi connectivity index (χ4n) is 1.00. The summed E-state index contributed by atoms with van der Waals surface area (Å²) >= 11 is 0. The maximum Gasteiger partial charge on any atom is 0.389 e. The molecule has 0 aliphatic carbocycles. The van der Waals surface area contributed by atoms with Crippen LogP contribution in [0, 0.1) is 0 Å². The molecule has 2 amide bonds. The molecule has 0 fully saturated rings. The SMILES string of the molecule is CN(C(=O)NCCCC(F)(F)F)C(C)(C)C(=O)O. The van der Waals surface area contributed by atoms with Crippen molar-refractivity contribution in [2.45, 2.75) is 38.4 Å². The highest BCUT2D eigenvalue weighted by atomic mass is 19.4. The number of aliphatic carboxylic acids is 1. The second-order valence-electron chi connectivity index (χ2n) is 4.37. The summed E-state index contributed by atoms with van der Waals surface area (Å²) in [7, 11) is 1.27. The monoisotopic (exact) mass is 270 g/mol. The minimum absolute atomic E-state index is 0.154. The summed E-state index contributed by atoms with van der Waals surface area (Å²) < 4.78 is 35.5. The summed E-state index contributed by atoms with van der Waals surface area (Å²) in [5, 5.41) is 11.1. The lowest BCUT2D eigenvalue weighted by molar-refractivity contribution is -0.146. The van der Waals surface area contributed by atoms with Crippen molar-refractivity contribution in [2.75, 3.05) is 13.6 Å². The number of carboxylic acid groups (broad SMARTS) is 1. The highest BCUT2D eigenvalue weighted by molar-refractivity contribution is 5.85. The van der Waals surface area contributed by atoms with E-state index in [0.717, 1.165) is 4.90 Å². The van der Waals surface area contributed by atoms with Crippen LogP contribution in [0.4, 0.5) is 18.0 Å². The predicted octanol–water partition coefficient (Wildman–Crippen LogP) is 1.83. The molecule has 5 nitrogen and oxygen atoms in total. The predicted molar refractivity (Wildman–Crippen MR) is 58.2 cm³/mol. The van der Waals surface area contributed by atoms with E-state index < -0.39 is 30.1 Å². The van der Waals surface area contributed by atoms with Gasteiger partial charge in [-0.2, -0.15) is 13.2 Å². The van der Waals surface area contributed by atoms with Gasteiger partial charge in [-0.1, -0.05) is 0 Å². The van der Waals surface area contributed by atoms with Crippen LogP contribution in [0.25, 0.3) is 0 Å². The molecule has 0 atom stereocenters. The van der Waals surface area contributed by atoms with E-state index in [-0.39, 0.29) is 13.0 Å². The quantitative estimate of drug-likeness (QED) is 0.749. The van der Waals surface area contributed by atoms with Crippen LogP contribution in [-0.2, 0) is 4.79 Å². The van der Waals surface area contributed by atoms with Gasteiger partial charge in [0.25, 0.3) is 0 Å². The van der Waals surface area contributed by atoms with Gasteiger partial charge in [0.05, 0.1) is 0 Å². The number of urea groups is 1. The van der Waals surface area contributed by atoms with Crippen molar-refractivity contribution in [3.8, 4) is 0 Å². The van der Waals surface area contributed by atoms with Crippen molar-refractivity contribution >= 4 is 12.0 Å². The third kappa shape index (κ3) is 5.24. The van der Waals surface area contributed by atoms with Gasteiger partial charge in [0, 0.05) is 20.0 Å². The van der Waals surface area contributed by atoms with Crippen LogP contribution in [0.1, 0.15) is 26.7 Å². The normalized spacial score (nSPS) is 12.1. The Kier molecular flexibility index (Phi) is 5.44. The number of nitrogens with one attached hydrogen (secondary N) is 1. The average molecular weight is 270 g/mol. The largest absolute Gasteiger partial charge is 0.480 e. The van der Waals surface area contributed by atoms with Gasteiger partial charge < -0.3 is 15.3 Å². The topological polar surface area (TPSA) is 69.6 Å². The second-order valence-corrected chi connectivity index (χ2v) is 4.37. The van der Waals surface area contributed by atoms with Crippen LogP contribution in [0.3, 0.4) is 0 Å². The minimum Gasteiger partial charge on any atom is -0.480 e. The first-order valence-corrected chi connectivity index (χ1v) is 5.30. The molecule has 0 aromatic rings. The number of alkyl halides is 3. The number of rotatable bonds is 5. The van der Waals surface area contributed by atoms with Crippen molar-refractivity contribution in [3.05, 3.63) is 0 Å². The molecule has 18 heavy (non-hydrogen) atoms. The lowest BCUT2D eigenvalue weighted by Crippen LogP contribution is -2.54. The molecule has 0 saturated carbocycles. The van der Waals surface area contributed by atoms with Crippen LogP contribution >= 0.6 is 0 Å². The van der Waals surface area contributed by atoms with Crippen molar-refractivity contribution in [1.82, 2.24) is 10.2 Å². The molecule has 0 aliphatic rings. The highest BCUT2D eigenvalue weighted by Gasteiger charge is 2.35. The van der Waals surface area contributed by atoms with Crippen molar-refractivity contribution < 1.29 is 27.9 Å². The third-order valence-electron chi connectivity index (χ3n) is 2.58. The molecule has 0 spiro atoms. The van der Waals surface area contributed by atoms with Crippen molar-refractivity contribution in [1.29, 1.82) is 0 Å². The van der Waals surface area contributed by atoms with E-state index in [9.17, 15) is 22.8 Å². The smallest absolute Gasteiger partial charge is 0.389 e. The van der Waals surface area contributed by atoms with Gasteiger partial charge in [-0.3, -0.25) is 0 Å². The standard InChI is InChI=1S/C10H17F3N2O3/c1-9(2,7(16)17)15(3)8(18)14-6-4-5-10(11,12)13/h4-6H2,1-3H3,(H,14,18)(H,16,17). The Morgan fingerprint density at radius 2 is 1.78 bits per heavy atom. The maximum absolute atomic E-state index is 11.8. The highest BCUT2D eigenvalue weighted by Crippen LogP contribution is 2.20. The van der Waals surface area contributed by atoms with Crippen LogP contribution in [-0.4, -0.2) is 47.3 Å². The van der Waals surface area contributed by atoms with Gasteiger partial charge in [0.15, 0.2) is 0 Å². The van der Waals surface area contributed by atoms with Crippen LogP contribution in [0.15, 0.2) is 0 Å². The van der Waals surface area contributed by atoms with Gasteiger partial charge >= 0.3 is 18.2 Å². The summed E-state index contributed by atoms with van der Waals surface area (Å²) in [5.74, 6) is -1.20. The molecule has 0 unspecified atom stereocenters. The second kappa shape index (κ2) is 5.92. The molecule has 106 valence electrons. The number of amides is 2. The Bertz CT molecular complexity index is 316. The molecule has 0 heterocycles. The number of halogens is 3. The van der Waals surface area contributed by atoms with E-state index in [1.807, 2.05) is 0 Å². The number of likely N-dealkylation sites (N-methyl/N-ethyl adjacent to an activating group) is 1. The lowest BCUT2D eigenvalue weighted by atomic mass is 10.1. The van der Waals surface area contributed by atoms with Gasteiger partial charge in [0.1, 0.15) is 5.54 Å². The van der Waals surface area contributed by atoms with Gasteiger partial charge in [-0.05, 0) is 20.3 Å². The van der Waals surface area contributed by atoms with Crippen LogP contribution in [0.2, 0.25) is 0 Å². The summed E-state index contributed by atoms with van der Waals surface area (Å²) in [5.41, 5.74) is -1.42. The zero-order valence-electron chi connectivity index (χ0n) is 10.5. The van der Waals surface area contributed by atoms with E-state index in [1.54, 1.807) is 0 Å². The van der Waals surface area contributed by atoms with Crippen LogP contribution < -0.4 is 5.32 Å². The van der Waals surface area contributed by atoms with E-state index in [0.29, 0.717) is 0 Å². The number of carbonyl (C=O) groups is 2.